The number of nitrogens with one attached hydrogen (secondary N) is 2. The number of rotatable bonds is 5. The van der Waals surface area contributed by atoms with E-state index in [4.69, 9.17) is 9.92 Å². The third kappa shape index (κ3) is 3.28. The summed E-state index contributed by atoms with van der Waals surface area (Å²) >= 11 is 3.49. The highest BCUT2D eigenvalue weighted by Gasteiger charge is 2.13. The van der Waals surface area contributed by atoms with E-state index in [1.165, 1.54) is 0 Å². The van der Waals surface area contributed by atoms with Crippen LogP contribution < -0.4 is 10.5 Å². The first-order valence-corrected chi connectivity index (χ1v) is 9.72. The van der Waals surface area contributed by atoms with Gasteiger partial charge in [0.05, 0.1) is 10.3 Å². The molecule has 1 aromatic carbocycles. The smallest absolute Gasteiger partial charge is 0.161 e. The van der Waals surface area contributed by atoms with Crippen LogP contribution in [-0.2, 0) is 23.0 Å². The van der Waals surface area contributed by atoms with Crippen molar-refractivity contribution in [2.75, 3.05) is 5.32 Å². The van der Waals surface area contributed by atoms with Gasteiger partial charge in [0.1, 0.15) is 14.5 Å². The van der Waals surface area contributed by atoms with Crippen molar-refractivity contribution >= 4 is 42.6 Å². The molecule has 7 nitrogen and oxygen atoms in total. The van der Waals surface area contributed by atoms with E-state index >= 15 is 0 Å². The quantitative estimate of drug-likeness (QED) is 0.602. The first-order valence-electron chi connectivity index (χ1n) is 7.30. The lowest BCUT2D eigenvalue weighted by molar-refractivity contribution is 0.672. The Morgan fingerprint density at radius 2 is 2.04 bits per heavy atom. The number of hydrogen-bond acceptors (Lipinski definition) is 5. The lowest BCUT2D eigenvalue weighted by atomic mass is 10.2. The van der Waals surface area contributed by atoms with Gasteiger partial charge in [0.15, 0.2) is 5.65 Å². The molecule has 9 heteroatoms. The maximum absolute atomic E-state index is 11.5. The van der Waals surface area contributed by atoms with Crippen LogP contribution in [0.25, 0.3) is 11.0 Å². The molecule has 0 aliphatic rings. The van der Waals surface area contributed by atoms with Gasteiger partial charge >= 0.3 is 0 Å². The lowest BCUT2D eigenvalue weighted by Crippen LogP contribution is -2.10. The number of aromatic nitrogens is 3. The van der Waals surface area contributed by atoms with E-state index < -0.39 is 9.92 Å². The molecule has 1 unspecified atom stereocenters. The van der Waals surface area contributed by atoms with E-state index in [0.717, 1.165) is 33.4 Å². The molecule has 0 fully saturated rings. The average molecular weight is 409 g/mol. The van der Waals surface area contributed by atoms with E-state index in [-0.39, 0.29) is 0 Å². The summed E-state index contributed by atoms with van der Waals surface area (Å²) in [5.74, 6) is 0. The lowest BCUT2D eigenvalue weighted by Gasteiger charge is -2.09. The van der Waals surface area contributed by atoms with Gasteiger partial charge in [-0.15, -0.1) is 0 Å². The molecule has 0 spiro atoms. The van der Waals surface area contributed by atoms with Crippen molar-refractivity contribution < 1.29 is 4.21 Å². The number of nitrogens with two attached hydrogens (primary N) is 1. The number of fused-ring (bicyclic) bond motifs is 1. The molecule has 4 N–H and O–H groups in total. The van der Waals surface area contributed by atoms with Gasteiger partial charge in [-0.05, 0) is 46.6 Å². The van der Waals surface area contributed by atoms with Crippen LogP contribution in [0, 0.1) is 4.78 Å². The van der Waals surface area contributed by atoms with Gasteiger partial charge in [-0.1, -0.05) is 12.1 Å². The van der Waals surface area contributed by atoms with Crippen molar-refractivity contribution in [3.05, 3.63) is 46.7 Å². The average Bonchev–Trinajstić information content (AvgIpc) is 2.89. The van der Waals surface area contributed by atoms with Gasteiger partial charge in [-0.25, -0.2) is 23.8 Å². The number of hydrogen-bond donors (Lipinski definition) is 3. The Bertz CT molecular complexity index is 981. The maximum atomic E-state index is 11.5. The normalized spacial score (nSPS) is 13.8. The summed E-state index contributed by atoms with van der Waals surface area (Å²) < 4.78 is 21.5. The second kappa shape index (κ2) is 6.50. The fourth-order valence-electron chi connectivity index (χ4n) is 2.43. The van der Waals surface area contributed by atoms with E-state index in [0.29, 0.717) is 11.4 Å². The molecule has 0 aliphatic carbocycles. The molecule has 0 radical (unpaired) electrons. The zero-order valence-corrected chi connectivity index (χ0v) is 15.4. The summed E-state index contributed by atoms with van der Waals surface area (Å²) in [7, 11) is -3.17. The molecule has 3 rings (SSSR count). The van der Waals surface area contributed by atoms with Gasteiger partial charge in [0.25, 0.3) is 0 Å². The Hall–Kier alpha value is -1.97. The van der Waals surface area contributed by atoms with Crippen molar-refractivity contribution in [3.8, 4) is 0 Å². The third-order valence-corrected chi connectivity index (χ3v) is 5.17. The highest BCUT2D eigenvalue weighted by molar-refractivity contribution is 9.10. The number of benzene rings is 1. The molecule has 2 heterocycles. The largest absolute Gasteiger partial charge is 0.380 e. The summed E-state index contributed by atoms with van der Waals surface area (Å²) in [6.07, 6.45) is 1.75. The summed E-state index contributed by atoms with van der Waals surface area (Å²) in [6, 6.07) is 8.78. The summed E-state index contributed by atoms with van der Waals surface area (Å²) in [4.78, 5) is 4.71. The van der Waals surface area contributed by atoms with E-state index in [9.17, 15) is 4.21 Å². The Kier molecular flexibility index (Phi) is 4.57. The minimum atomic E-state index is -3.17. The highest BCUT2D eigenvalue weighted by Crippen LogP contribution is 2.29. The van der Waals surface area contributed by atoms with Crippen LogP contribution in [0.4, 0.5) is 5.69 Å². The monoisotopic (exact) mass is 408 g/mol. The molecule has 0 saturated heterocycles. The molecule has 0 saturated carbocycles. The Labute approximate surface area is 148 Å². The molecule has 24 heavy (non-hydrogen) atoms. The molecule has 126 valence electrons. The van der Waals surface area contributed by atoms with Crippen molar-refractivity contribution in [2.45, 2.75) is 24.9 Å². The predicted octanol–water partition coefficient (Wildman–Crippen LogP) is 3.11. The van der Waals surface area contributed by atoms with Crippen LogP contribution in [0.3, 0.4) is 0 Å². The number of nitrogens with zero attached hydrogens (tertiary/aromatic N) is 3. The number of pyridine rings is 1. The first-order chi connectivity index (χ1) is 11.4. The Morgan fingerprint density at radius 1 is 1.33 bits per heavy atom. The molecule has 2 aromatic heterocycles. The number of anilines is 1. The van der Waals surface area contributed by atoms with E-state index in [1.807, 2.05) is 29.8 Å². The fourth-order valence-corrected chi connectivity index (χ4v) is 3.55. The minimum absolute atomic E-state index is 0.324. The van der Waals surface area contributed by atoms with Gasteiger partial charge in [-0.2, -0.15) is 5.10 Å². The molecule has 0 bridgehead atoms. The van der Waals surface area contributed by atoms with Gasteiger partial charge < -0.3 is 5.32 Å². The van der Waals surface area contributed by atoms with Gasteiger partial charge in [0.2, 0.25) is 0 Å². The van der Waals surface area contributed by atoms with Crippen molar-refractivity contribution in [1.82, 2.24) is 14.8 Å². The summed E-state index contributed by atoms with van der Waals surface area (Å²) in [5, 5.41) is 14.1. The molecule has 3 aromatic rings. The highest BCUT2D eigenvalue weighted by atomic mass is 79.9. The van der Waals surface area contributed by atoms with Crippen LogP contribution in [0.2, 0.25) is 0 Å². The molecule has 1 atom stereocenters. The molecule has 0 aliphatic heterocycles. The number of aryl methyl sites for hydroxylation is 1. The zero-order chi connectivity index (χ0) is 17.3. The van der Waals surface area contributed by atoms with Crippen molar-refractivity contribution in [3.63, 3.8) is 0 Å². The standard InChI is InChI=1S/C15H17BrN6OS/c1-2-22-15-13(14(16)21-22)12(7-8-19-15)20-9-10-3-5-11(6-4-10)24(17,18)23/h3-8H,2,9H2,1H3,(H,19,20)(H3,17,18,23). The van der Waals surface area contributed by atoms with Gasteiger partial charge in [0, 0.05) is 25.0 Å². The fraction of sp³-hybridized carbons (Fsp3) is 0.200. The molecule has 0 amide bonds. The second-order valence-electron chi connectivity index (χ2n) is 5.26. The van der Waals surface area contributed by atoms with E-state index in [2.05, 4.69) is 31.3 Å². The summed E-state index contributed by atoms with van der Waals surface area (Å²) in [5.41, 5.74) is 2.74. The third-order valence-electron chi connectivity index (χ3n) is 3.65. The predicted molar refractivity (Wildman–Crippen MR) is 98.0 cm³/mol. The van der Waals surface area contributed by atoms with Crippen LogP contribution in [-0.4, -0.2) is 19.0 Å². The maximum Gasteiger partial charge on any atom is 0.161 e. The van der Waals surface area contributed by atoms with Crippen LogP contribution >= 0.6 is 15.9 Å². The van der Waals surface area contributed by atoms with Crippen molar-refractivity contribution in [1.29, 1.82) is 4.78 Å². The second-order valence-corrected chi connectivity index (χ2v) is 7.69. The van der Waals surface area contributed by atoms with Crippen LogP contribution in [0.1, 0.15) is 12.5 Å². The number of halogens is 1. The minimum Gasteiger partial charge on any atom is -0.380 e. The Morgan fingerprint density at radius 3 is 2.67 bits per heavy atom. The topological polar surface area (TPSA) is 110 Å². The zero-order valence-electron chi connectivity index (χ0n) is 13.0. The van der Waals surface area contributed by atoms with Crippen molar-refractivity contribution in [2.24, 2.45) is 5.14 Å². The molecular formula is C15H17BrN6OS. The Balaban J connectivity index is 1.85. The van der Waals surface area contributed by atoms with Crippen LogP contribution in [0.5, 0.6) is 0 Å². The summed E-state index contributed by atoms with van der Waals surface area (Å²) in [6.45, 7) is 3.34. The SMILES string of the molecule is CCn1nc(Br)c2c(NCc3ccc(S(=N)(N)=O)cc3)ccnc21. The van der Waals surface area contributed by atoms with Crippen LogP contribution in [0.15, 0.2) is 46.0 Å². The van der Waals surface area contributed by atoms with Gasteiger partial charge in [-0.3, -0.25) is 0 Å². The first kappa shape index (κ1) is 16.9. The molecular weight excluding hydrogens is 392 g/mol. The van der Waals surface area contributed by atoms with E-state index in [1.54, 1.807) is 18.3 Å².